The van der Waals surface area contributed by atoms with E-state index in [-0.39, 0.29) is 4.90 Å². The Kier molecular flexibility index (Phi) is 4.80. The van der Waals surface area contributed by atoms with Crippen LogP contribution in [0.5, 0.6) is 0 Å². The lowest BCUT2D eigenvalue weighted by Crippen LogP contribution is -3.18. The molecule has 3 rings (SSSR count). The van der Waals surface area contributed by atoms with Crippen molar-refractivity contribution in [2.75, 3.05) is 26.2 Å². The number of hydrogen-bond acceptors (Lipinski definition) is 2. The van der Waals surface area contributed by atoms with Gasteiger partial charge in [-0.15, -0.1) is 0 Å². The first-order valence-corrected chi connectivity index (χ1v) is 9.62. The molecule has 1 N–H and O–H groups in total. The van der Waals surface area contributed by atoms with Crippen molar-refractivity contribution in [3.05, 3.63) is 30.1 Å². The SMILES string of the molecule is O=S(=O)(c1ccc(F)cc1)N1CC[NH+](C2CCCCC2)CC1. The van der Waals surface area contributed by atoms with E-state index in [0.717, 1.165) is 13.1 Å². The van der Waals surface area contributed by atoms with Crippen molar-refractivity contribution in [3.63, 3.8) is 0 Å². The molecule has 1 aromatic carbocycles. The molecule has 0 amide bonds. The predicted octanol–water partition coefficient (Wildman–Crippen LogP) is 1.05. The standard InChI is InChI=1S/C16H23FN2O2S/c17-14-6-8-16(9-7-14)22(20,21)19-12-10-18(11-13-19)15-4-2-1-3-5-15/h6-9,15H,1-5,10-13H2/p+1. The van der Waals surface area contributed by atoms with Gasteiger partial charge in [0.15, 0.2) is 0 Å². The lowest BCUT2D eigenvalue weighted by atomic mass is 9.94. The van der Waals surface area contributed by atoms with Crippen LogP contribution in [-0.4, -0.2) is 44.9 Å². The number of benzene rings is 1. The fourth-order valence-corrected chi connectivity index (χ4v) is 5.13. The van der Waals surface area contributed by atoms with E-state index in [1.165, 1.54) is 56.4 Å². The van der Waals surface area contributed by atoms with Crippen LogP contribution in [0.1, 0.15) is 32.1 Å². The molecule has 1 aromatic rings. The average Bonchev–Trinajstić information content (AvgIpc) is 2.56. The molecular formula is C16H24FN2O2S+. The molecule has 0 unspecified atom stereocenters. The van der Waals surface area contributed by atoms with E-state index in [2.05, 4.69) is 0 Å². The zero-order chi connectivity index (χ0) is 15.6. The van der Waals surface area contributed by atoms with Crippen LogP contribution in [0.4, 0.5) is 4.39 Å². The molecule has 1 saturated heterocycles. The molecule has 1 aliphatic carbocycles. The number of rotatable bonds is 3. The number of nitrogens with zero attached hydrogens (tertiary/aromatic N) is 1. The Balaban J connectivity index is 1.63. The van der Waals surface area contributed by atoms with Crippen molar-refractivity contribution < 1.29 is 17.7 Å². The largest absolute Gasteiger partial charge is 0.330 e. The van der Waals surface area contributed by atoms with Gasteiger partial charge in [0.2, 0.25) is 10.0 Å². The highest BCUT2D eigenvalue weighted by atomic mass is 32.2. The maximum absolute atomic E-state index is 13.0. The zero-order valence-electron chi connectivity index (χ0n) is 12.8. The van der Waals surface area contributed by atoms with Crippen LogP contribution in [0.2, 0.25) is 0 Å². The van der Waals surface area contributed by atoms with Gasteiger partial charge in [-0.3, -0.25) is 0 Å². The molecule has 0 radical (unpaired) electrons. The Labute approximate surface area is 132 Å². The van der Waals surface area contributed by atoms with Crippen LogP contribution in [0, 0.1) is 5.82 Å². The monoisotopic (exact) mass is 327 g/mol. The van der Waals surface area contributed by atoms with Gasteiger partial charge in [0.05, 0.1) is 37.1 Å². The maximum Gasteiger partial charge on any atom is 0.243 e. The topological polar surface area (TPSA) is 41.8 Å². The molecule has 22 heavy (non-hydrogen) atoms. The highest BCUT2D eigenvalue weighted by Gasteiger charge is 2.33. The second kappa shape index (κ2) is 6.64. The summed E-state index contributed by atoms with van der Waals surface area (Å²) in [6.45, 7) is 2.88. The normalized spacial score (nSPS) is 22.8. The molecule has 0 bridgehead atoms. The smallest absolute Gasteiger partial charge is 0.243 e. The van der Waals surface area contributed by atoms with Crippen molar-refractivity contribution in [2.24, 2.45) is 0 Å². The molecular weight excluding hydrogens is 303 g/mol. The van der Waals surface area contributed by atoms with E-state index < -0.39 is 15.8 Å². The first kappa shape index (κ1) is 15.9. The minimum Gasteiger partial charge on any atom is -0.330 e. The third kappa shape index (κ3) is 3.34. The van der Waals surface area contributed by atoms with Gasteiger partial charge in [-0.25, -0.2) is 12.8 Å². The fraction of sp³-hybridized carbons (Fsp3) is 0.625. The minimum atomic E-state index is -3.48. The van der Waals surface area contributed by atoms with E-state index in [1.54, 1.807) is 9.21 Å². The van der Waals surface area contributed by atoms with E-state index in [0.29, 0.717) is 19.1 Å². The number of quaternary nitrogens is 1. The van der Waals surface area contributed by atoms with Gasteiger partial charge in [0.1, 0.15) is 5.82 Å². The van der Waals surface area contributed by atoms with Gasteiger partial charge >= 0.3 is 0 Å². The van der Waals surface area contributed by atoms with Gasteiger partial charge in [-0.1, -0.05) is 6.42 Å². The van der Waals surface area contributed by atoms with Crippen molar-refractivity contribution >= 4 is 10.0 Å². The van der Waals surface area contributed by atoms with Gasteiger partial charge in [-0.2, -0.15) is 4.31 Å². The van der Waals surface area contributed by atoms with Crippen molar-refractivity contribution in [1.29, 1.82) is 0 Å². The zero-order valence-corrected chi connectivity index (χ0v) is 13.6. The Bertz CT molecular complexity index is 589. The third-order valence-electron chi connectivity index (χ3n) is 5.00. The average molecular weight is 327 g/mol. The molecule has 0 aromatic heterocycles. The summed E-state index contributed by atoms with van der Waals surface area (Å²) < 4.78 is 39.7. The lowest BCUT2D eigenvalue weighted by molar-refractivity contribution is -0.930. The van der Waals surface area contributed by atoms with E-state index >= 15 is 0 Å². The lowest BCUT2D eigenvalue weighted by Gasteiger charge is -2.37. The van der Waals surface area contributed by atoms with Gasteiger partial charge < -0.3 is 4.90 Å². The summed E-state index contributed by atoms with van der Waals surface area (Å²) in [5, 5.41) is 0. The summed E-state index contributed by atoms with van der Waals surface area (Å²) in [5.74, 6) is -0.412. The van der Waals surface area contributed by atoms with Crippen LogP contribution in [0.25, 0.3) is 0 Å². The molecule has 1 heterocycles. The van der Waals surface area contributed by atoms with Crippen LogP contribution in [0.3, 0.4) is 0 Å². The first-order valence-electron chi connectivity index (χ1n) is 8.18. The molecule has 2 fully saturated rings. The first-order chi connectivity index (χ1) is 10.6. The Hall–Kier alpha value is -0.980. The van der Waals surface area contributed by atoms with Crippen LogP contribution < -0.4 is 4.90 Å². The number of halogens is 1. The highest BCUT2D eigenvalue weighted by molar-refractivity contribution is 7.89. The summed E-state index contributed by atoms with van der Waals surface area (Å²) in [7, 11) is -3.48. The Morgan fingerprint density at radius 1 is 1.00 bits per heavy atom. The molecule has 4 nitrogen and oxygen atoms in total. The minimum absolute atomic E-state index is 0.190. The van der Waals surface area contributed by atoms with Crippen LogP contribution in [0.15, 0.2) is 29.2 Å². The second-order valence-electron chi connectivity index (χ2n) is 6.35. The fourth-order valence-electron chi connectivity index (χ4n) is 3.69. The molecule has 122 valence electrons. The van der Waals surface area contributed by atoms with E-state index in [4.69, 9.17) is 0 Å². The second-order valence-corrected chi connectivity index (χ2v) is 8.29. The molecule has 6 heteroatoms. The van der Waals surface area contributed by atoms with E-state index in [1.807, 2.05) is 0 Å². The number of hydrogen-bond donors (Lipinski definition) is 1. The van der Waals surface area contributed by atoms with Crippen LogP contribution in [-0.2, 0) is 10.0 Å². The van der Waals surface area contributed by atoms with E-state index in [9.17, 15) is 12.8 Å². The summed E-state index contributed by atoms with van der Waals surface area (Å²) in [6.07, 6.45) is 6.52. The molecule has 1 aliphatic heterocycles. The summed E-state index contributed by atoms with van der Waals surface area (Å²) in [4.78, 5) is 1.75. The van der Waals surface area contributed by atoms with Crippen LogP contribution >= 0.6 is 0 Å². The van der Waals surface area contributed by atoms with Crippen molar-refractivity contribution in [3.8, 4) is 0 Å². The highest BCUT2D eigenvalue weighted by Crippen LogP contribution is 2.18. The molecule has 0 atom stereocenters. The quantitative estimate of drug-likeness (QED) is 0.902. The maximum atomic E-state index is 13.0. The summed E-state index contributed by atoms with van der Waals surface area (Å²) in [5.41, 5.74) is 0. The number of piperazine rings is 1. The number of sulfonamides is 1. The summed E-state index contributed by atoms with van der Waals surface area (Å²) >= 11 is 0. The molecule has 1 saturated carbocycles. The van der Waals surface area contributed by atoms with Gasteiger partial charge in [0.25, 0.3) is 0 Å². The molecule has 2 aliphatic rings. The number of nitrogens with one attached hydrogen (secondary N) is 1. The third-order valence-corrected chi connectivity index (χ3v) is 6.91. The summed E-state index contributed by atoms with van der Waals surface area (Å²) in [6, 6.07) is 5.83. The Morgan fingerprint density at radius 3 is 2.18 bits per heavy atom. The van der Waals surface area contributed by atoms with Gasteiger partial charge in [-0.05, 0) is 49.9 Å². The van der Waals surface area contributed by atoms with Crippen molar-refractivity contribution in [2.45, 2.75) is 43.0 Å². The van der Waals surface area contributed by atoms with Crippen molar-refractivity contribution in [1.82, 2.24) is 4.31 Å². The Morgan fingerprint density at radius 2 is 1.59 bits per heavy atom. The van der Waals surface area contributed by atoms with Gasteiger partial charge in [0, 0.05) is 0 Å². The predicted molar refractivity (Wildman–Crippen MR) is 82.7 cm³/mol. The molecule has 0 spiro atoms.